The molecular formula is C22H24N4O2S2. The van der Waals surface area contributed by atoms with Crippen molar-refractivity contribution < 1.29 is 4.79 Å². The van der Waals surface area contributed by atoms with Crippen LogP contribution in [-0.2, 0) is 19.4 Å². The van der Waals surface area contributed by atoms with Crippen LogP contribution in [0.5, 0.6) is 0 Å². The van der Waals surface area contributed by atoms with Gasteiger partial charge in [-0.3, -0.25) is 19.5 Å². The van der Waals surface area contributed by atoms with Gasteiger partial charge in [-0.1, -0.05) is 25.8 Å². The summed E-state index contributed by atoms with van der Waals surface area (Å²) in [6.45, 7) is 6.21. The molecule has 8 heteroatoms. The van der Waals surface area contributed by atoms with E-state index in [-0.39, 0.29) is 11.5 Å². The molecule has 1 unspecified atom stereocenters. The number of nitrogens with zero attached hydrogens (tertiary/aromatic N) is 2. The van der Waals surface area contributed by atoms with Crippen molar-refractivity contribution in [3.05, 3.63) is 62.1 Å². The monoisotopic (exact) mass is 440 g/mol. The third-order valence-electron chi connectivity index (χ3n) is 5.51. The highest BCUT2D eigenvalue weighted by molar-refractivity contribution is 7.71. The normalized spacial score (nSPS) is 15.7. The van der Waals surface area contributed by atoms with Crippen molar-refractivity contribution in [3.8, 4) is 0 Å². The maximum Gasteiger partial charge on any atom is 0.262 e. The van der Waals surface area contributed by atoms with Gasteiger partial charge in [-0.05, 0) is 55.6 Å². The molecule has 0 bridgehead atoms. The lowest BCUT2D eigenvalue weighted by atomic mass is 9.88. The zero-order valence-electron chi connectivity index (χ0n) is 16.9. The second-order valence-corrected chi connectivity index (χ2v) is 9.11. The molecule has 0 saturated heterocycles. The van der Waals surface area contributed by atoms with E-state index < -0.39 is 0 Å². The highest BCUT2D eigenvalue weighted by atomic mass is 32.1. The third kappa shape index (κ3) is 4.02. The fraction of sp³-hybridized carbons (Fsp3) is 0.364. The van der Waals surface area contributed by atoms with Gasteiger partial charge in [0.25, 0.3) is 11.5 Å². The first-order valence-electron chi connectivity index (χ1n) is 10.2. The summed E-state index contributed by atoms with van der Waals surface area (Å²) in [7, 11) is 0. The molecule has 2 heterocycles. The number of aromatic amines is 1. The van der Waals surface area contributed by atoms with Crippen LogP contribution in [0.3, 0.4) is 0 Å². The van der Waals surface area contributed by atoms with Crippen LogP contribution in [0, 0.1) is 10.7 Å². The lowest BCUT2D eigenvalue weighted by molar-refractivity contribution is 0.102. The molecule has 0 saturated carbocycles. The summed E-state index contributed by atoms with van der Waals surface area (Å²) in [5.41, 5.74) is 1.91. The van der Waals surface area contributed by atoms with Crippen molar-refractivity contribution in [1.29, 1.82) is 0 Å². The summed E-state index contributed by atoms with van der Waals surface area (Å²) in [6, 6.07) is 4.96. The lowest BCUT2D eigenvalue weighted by Crippen LogP contribution is -2.22. The van der Waals surface area contributed by atoms with E-state index in [1.165, 1.54) is 28.7 Å². The average Bonchev–Trinajstić information content (AvgIpc) is 3.12. The van der Waals surface area contributed by atoms with Crippen molar-refractivity contribution in [2.45, 2.75) is 45.6 Å². The van der Waals surface area contributed by atoms with Crippen LogP contribution in [0.1, 0.15) is 47.1 Å². The minimum atomic E-state index is -0.248. The van der Waals surface area contributed by atoms with Crippen molar-refractivity contribution in [3.63, 3.8) is 0 Å². The molecule has 2 aromatic heterocycles. The third-order valence-corrected chi connectivity index (χ3v) is 6.87. The molecule has 1 aromatic carbocycles. The molecule has 1 amide bonds. The smallest absolute Gasteiger partial charge is 0.262 e. The number of H-pyrrole nitrogens is 1. The van der Waals surface area contributed by atoms with Gasteiger partial charge in [0.2, 0.25) is 0 Å². The Kier molecular flexibility index (Phi) is 5.97. The Labute approximate surface area is 183 Å². The molecule has 0 aliphatic heterocycles. The van der Waals surface area contributed by atoms with E-state index in [9.17, 15) is 9.59 Å². The number of rotatable bonds is 6. The molecule has 30 heavy (non-hydrogen) atoms. The number of amides is 1. The van der Waals surface area contributed by atoms with E-state index >= 15 is 0 Å². The number of anilines is 1. The second-order valence-electron chi connectivity index (χ2n) is 7.64. The lowest BCUT2D eigenvalue weighted by Gasteiger charge is -2.19. The van der Waals surface area contributed by atoms with Gasteiger partial charge in [0.15, 0.2) is 9.90 Å². The highest BCUT2D eigenvalue weighted by Crippen LogP contribution is 2.34. The topological polar surface area (TPSA) is 79.8 Å². The highest BCUT2D eigenvalue weighted by Gasteiger charge is 2.23. The van der Waals surface area contributed by atoms with Crippen molar-refractivity contribution in [2.24, 2.45) is 5.92 Å². The molecule has 4 rings (SSSR count). The van der Waals surface area contributed by atoms with Gasteiger partial charge in [-0.25, -0.2) is 4.98 Å². The minimum Gasteiger partial charge on any atom is -0.332 e. The zero-order valence-corrected chi connectivity index (χ0v) is 18.5. The maximum absolute atomic E-state index is 12.8. The second kappa shape index (κ2) is 8.65. The SMILES string of the molecule is C=CCn1c(=S)[nH]c2cc(C(=O)Nc3nc4c(s3)CC(CCC)CC4)ccc2c1=O. The van der Waals surface area contributed by atoms with Crippen molar-refractivity contribution >= 4 is 45.5 Å². The van der Waals surface area contributed by atoms with E-state index in [1.807, 2.05) is 0 Å². The Balaban J connectivity index is 1.57. The van der Waals surface area contributed by atoms with Crippen molar-refractivity contribution in [1.82, 2.24) is 14.5 Å². The van der Waals surface area contributed by atoms with E-state index in [0.29, 0.717) is 32.9 Å². The largest absolute Gasteiger partial charge is 0.332 e. The minimum absolute atomic E-state index is 0.199. The number of benzene rings is 1. The number of fused-ring (bicyclic) bond motifs is 2. The summed E-state index contributed by atoms with van der Waals surface area (Å²) < 4.78 is 1.75. The number of hydrogen-bond donors (Lipinski definition) is 2. The molecule has 1 atom stereocenters. The Morgan fingerprint density at radius 2 is 2.33 bits per heavy atom. The van der Waals surface area contributed by atoms with Gasteiger partial charge in [0, 0.05) is 17.0 Å². The summed E-state index contributed by atoms with van der Waals surface area (Å²) in [4.78, 5) is 34.4. The number of aromatic nitrogens is 3. The fourth-order valence-corrected chi connectivity index (χ4v) is 5.40. The number of nitrogens with one attached hydrogen (secondary N) is 2. The van der Waals surface area contributed by atoms with Crippen LogP contribution in [-0.4, -0.2) is 20.4 Å². The Hall–Kier alpha value is -2.58. The predicted molar refractivity (Wildman–Crippen MR) is 124 cm³/mol. The number of carbonyl (C=O) groups excluding carboxylic acids is 1. The average molecular weight is 441 g/mol. The van der Waals surface area contributed by atoms with Crippen LogP contribution >= 0.6 is 23.6 Å². The molecule has 6 nitrogen and oxygen atoms in total. The summed E-state index contributed by atoms with van der Waals surface area (Å²) in [6.07, 6.45) is 7.27. The molecule has 156 valence electrons. The molecular weight excluding hydrogens is 416 g/mol. The molecule has 1 aliphatic carbocycles. The first kappa shape index (κ1) is 20.7. The summed E-state index contributed by atoms with van der Waals surface area (Å²) in [5, 5.41) is 4.04. The van der Waals surface area contributed by atoms with Crippen LogP contribution in [0.15, 0.2) is 35.6 Å². The number of thiazole rings is 1. The number of allylic oxidation sites excluding steroid dienone is 1. The predicted octanol–water partition coefficient (Wildman–Crippen LogP) is 4.86. The Bertz CT molecular complexity index is 1240. The maximum atomic E-state index is 12.8. The van der Waals surface area contributed by atoms with Gasteiger partial charge < -0.3 is 4.98 Å². The van der Waals surface area contributed by atoms with E-state index in [1.54, 1.807) is 35.6 Å². The van der Waals surface area contributed by atoms with E-state index in [2.05, 4.69) is 28.8 Å². The van der Waals surface area contributed by atoms with Crippen LogP contribution in [0.25, 0.3) is 10.9 Å². The quantitative estimate of drug-likeness (QED) is 0.424. The van der Waals surface area contributed by atoms with Gasteiger partial charge in [0.1, 0.15) is 0 Å². The first-order valence-corrected chi connectivity index (χ1v) is 11.4. The molecule has 0 spiro atoms. The molecule has 2 N–H and O–H groups in total. The van der Waals surface area contributed by atoms with Gasteiger partial charge in [0.05, 0.1) is 16.6 Å². The first-order chi connectivity index (χ1) is 14.5. The fourth-order valence-electron chi connectivity index (χ4n) is 4.01. The van der Waals surface area contributed by atoms with Gasteiger partial charge in [-0.2, -0.15) is 0 Å². The Morgan fingerprint density at radius 3 is 3.10 bits per heavy atom. The molecule has 1 aliphatic rings. The van der Waals surface area contributed by atoms with Crippen LogP contribution in [0.2, 0.25) is 0 Å². The van der Waals surface area contributed by atoms with Gasteiger partial charge in [-0.15, -0.1) is 17.9 Å². The van der Waals surface area contributed by atoms with Crippen LogP contribution in [0.4, 0.5) is 5.13 Å². The Morgan fingerprint density at radius 1 is 1.50 bits per heavy atom. The summed E-state index contributed by atoms with van der Waals surface area (Å²) >= 11 is 6.85. The molecule has 0 fully saturated rings. The van der Waals surface area contributed by atoms with Crippen molar-refractivity contribution in [2.75, 3.05) is 5.32 Å². The molecule has 0 radical (unpaired) electrons. The van der Waals surface area contributed by atoms with E-state index in [4.69, 9.17) is 12.2 Å². The zero-order chi connectivity index (χ0) is 21.3. The number of carbonyl (C=O) groups is 1. The van der Waals surface area contributed by atoms with E-state index in [0.717, 1.165) is 24.5 Å². The summed E-state index contributed by atoms with van der Waals surface area (Å²) in [5.74, 6) is 0.475. The van der Waals surface area contributed by atoms with Gasteiger partial charge >= 0.3 is 0 Å². The molecule has 3 aromatic rings. The number of hydrogen-bond acceptors (Lipinski definition) is 5. The standard InChI is InChI=1S/C22H24N4O2S2/c1-3-5-13-6-9-16-18(11-13)30-21(23-16)25-19(27)14-7-8-15-17(12-14)24-22(29)26(10-4-2)20(15)28/h4,7-8,12-13H,2-3,5-6,9-11H2,1H3,(H,24,29)(H,23,25,27). The number of aryl methyl sites for hydroxylation is 1. The van der Waals surface area contributed by atoms with Crippen LogP contribution < -0.4 is 10.9 Å².